The third-order valence-corrected chi connectivity index (χ3v) is 2.92. The summed E-state index contributed by atoms with van der Waals surface area (Å²) in [6, 6.07) is 6.70. The summed E-state index contributed by atoms with van der Waals surface area (Å²) in [7, 11) is 0. The highest BCUT2D eigenvalue weighted by molar-refractivity contribution is 9.10. The van der Waals surface area contributed by atoms with E-state index in [0.717, 1.165) is 0 Å². The largest absolute Gasteiger partial charge is 0.466 e. The number of nitrogens with zero attached hydrogens (tertiary/aromatic N) is 1. The van der Waals surface area contributed by atoms with Crippen LogP contribution in [0, 0.1) is 11.3 Å². The van der Waals surface area contributed by atoms with Gasteiger partial charge in [-0.1, -0.05) is 22.0 Å². The number of ketones is 1. The van der Waals surface area contributed by atoms with Gasteiger partial charge in [0.25, 0.3) is 0 Å². The topological polar surface area (TPSA) is 67.2 Å². The molecular formula is C14H14BrNO3. The lowest BCUT2D eigenvalue weighted by Crippen LogP contribution is -2.16. The van der Waals surface area contributed by atoms with Crippen LogP contribution < -0.4 is 0 Å². The van der Waals surface area contributed by atoms with Gasteiger partial charge in [-0.3, -0.25) is 9.59 Å². The zero-order valence-corrected chi connectivity index (χ0v) is 12.4. The van der Waals surface area contributed by atoms with E-state index in [0.29, 0.717) is 23.3 Å². The molecule has 0 N–H and O–H groups in total. The van der Waals surface area contributed by atoms with Crippen LogP contribution in [0.1, 0.15) is 35.3 Å². The van der Waals surface area contributed by atoms with Gasteiger partial charge in [0.05, 0.1) is 29.5 Å². The monoisotopic (exact) mass is 323 g/mol. The Morgan fingerprint density at radius 2 is 2.16 bits per heavy atom. The second-order valence-electron chi connectivity index (χ2n) is 3.95. The molecule has 0 aliphatic carbocycles. The van der Waals surface area contributed by atoms with E-state index >= 15 is 0 Å². The molecule has 0 amide bonds. The molecule has 1 rings (SSSR count). The van der Waals surface area contributed by atoms with Crippen molar-refractivity contribution in [1.82, 2.24) is 0 Å². The molecule has 0 aliphatic heterocycles. The Morgan fingerprint density at radius 3 is 2.68 bits per heavy atom. The lowest BCUT2D eigenvalue weighted by Gasteiger charge is -2.10. The third-order valence-electron chi connectivity index (χ3n) is 2.51. The molecule has 1 aromatic rings. The van der Waals surface area contributed by atoms with E-state index in [9.17, 15) is 9.59 Å². The molecule has 0 bridgehead atoms. The van der Waals surface area contributed by atoms with Crippen LogP contribution in [0.15, 0.2) is 18.2 Å². The first-order valence-corrected chi connectivity index (χ1v) is 6.78. The molecule has 1 unspecified atom stereocenters. The zero-order chi connectivity index (χ0) is 14.4. The standard InChI is InChI=1S/C14H14BrNO3/c1-3-19-13(17)7-11-5-4-10(8-16)6-12(11)14(18)9(2)15/h4-6,9H,3,7H2,1-2H3. The van der Waals surface area contributed by atoms with Crippen molar-refractivity contribution in [3.8, 4) is 6.07 Å². The number of esters is 1. The molecule has 0 radical (unpaired) electrons. The molecule has 1 aromatic carbocycles. The minimum Gasteiger partial charge on any atom is -0.466 e. The summed E-state index contributed by atoms with van der Waals surface area (Å²) in [4.78, 5) is 23.2. The quantitative estimate of drug-likeness (QED) is 0.474. The predicted octanol–water partition coefficient (Wildman–Crippen LogP) is 2.63. The molecule has 5 heteroatoms. The van der Waals surface area contributed by atoms with Crippen LogP contribution in [-0.2, 0) is 16.0 Å². The highest BCUT2D eigenvalue weighted by atomic mass is 79.9. The summed E-state index contributed by atoms with van der Waals surface area (Å²) < 4.78 is 4.87. The SMILES string of the molecule is CCOC(=O)Cc1ccc(C#N)cc1C(=O)C(C)Br. The normalized spacial score (nSPS) is 11.5. The highest BCUT2D eigenvalue weighted by Crippen LogP contribution is 2.18. The molecule has 0 spiro atoms. The van der Waals surface area contributed by atoms with E-state index in [1.807, 2.05) is 6.07 Å². The van der Waals surface area contributed by atoms with Crippen molar-refractivity contribution in [2.24, 2.45) is 0 Å². The van der Waals surface area contributed by atoms with Gasteiger partial charge in [0.15, 0.2) is 5.78 Å². The van der Waals surface area contributed by atoms with Gasteiger partial charge in [-0.25, -0.2) is 0 Å². The zero-order valence-electron chi connectivity index (χ0n) is 10.8. The first kappa shape index (κ1) is 15.4. The molecule has 1 atom stereocenters. The summed E-state index contributed by atoms with van der Waals surface area (Å²) in [6.45, 7) is 3.73. The van der Waals surface area contributed by atoms with Gasteiger partial charge in [0, 0.05) is 5.56 Å². The van der Waals surface area contributed by atoms with Crippen molar-refractivity contribution in [3.63, 3.8) is 0 Å². The van der Waals surface area contributed by atoms with Gasteiger partial charge < -0.3 is 4.74 Å². The number of rotatable bonds is 5. The molecule has 0 fully saturated rings. The van der Waals surface area contributed by atoms with Crippen LogP contribution in [-0.4, -0.2) is 23.2 Å². The lowest BCUT2D eigenvalue weighted by atomic mass is 9.97. The van der Waals surface area contributed by atoms with Gasteiger partial charge in [-0.05, 0) is 31.5 Å². The average molecular weight is 324 g/mol. The molecule has 100 valence electrons. The van der Waals surface area contributed by atoms with E-state index in [1.165, 1.54) is 6.07 Å². The van der Waals surface area contributed by atoms with Gasteiger partial charge in [0.2, 0.25) is 0 Å². The average Bonchev–Trinajstić information content (AvgIpc) is 2.38. The molecule has 0 saturated heterocycles. The Bertz CT molecular complexity index is 532. The number of alkyl halides is 1. The number of benzene rings is 1. The number of ether oxygens (including phenoxy) is 1. The molecule has 19 heavy (non-hydrogen) atoms. The maximum Gasteiger partial charge on any atom is 0.310 e. The summed E-state index contributed by atoms with van der Waals surface area (Å²) in [5.41, 5.74) is 1.36. The number of Topliss-reactive ketones (excluding diaryl/α,β-unsaturated/α-hetero) is 1. The fraction of sp³-hybridized carbons (Fsp3) is 0.357. The lowest BCUT2D eigenvalue weighted by molar-refractivity contribution is -0.142. The second kappa shape index (κ2) is 7.05. The Morgan fingerprint density at radius 1 is 1.47 bits per heavy atom. The Balaban J connectivity index is 3.13. The summed E-state index contributed by atoms with van der Waals surface area (Å²) in [5, 5.41) is 8.87. The molecular weight excluding hydrogens is 310 g/mol. The first-order valence-electron chi connectivity index (χ1n) is 5.86. The Labute approximate surface area is 120 Å². The van der Waals surface area contributed by atoms with E-state index in [4.69, 9.17) is 10.00 Å². The minimum absolute atomic E-state index is 0.0281. The van der Waals surface area contributed by atoms with E-state index in [2.05, 4.69) is 15.9 Å². The van der Waals surface area contributed by atoms with Crippen molar-refractivity contribution >= 4 is 27.7 Å². The number of hydrogen-bond donors (Lipinski definition) is 0. The Hall–Kier alpha value is -1.67. The Kier molecular flexibility index (Phi) is 5.71. The van der Waals surface area contributed by atoms with Crippen molar-refractivity contribution in [3.05, 3.63) is 34.9 Å². The molecule has 0 aromatic heterocycles. The van der Waals surface area contributed by atoms with Crippen molar-refractivity contribution in [2.45, 2.75) is 25.1 Å². The third kappa shape index (κ3) is 4.18. The minimum atomic E-state index is -0.386. The van der Waals surface area contributed by atoms with Crippen molar-refractivity contribution in [1.29, 1.82) is 5.26 Å². The van der Waals surface area contributed by atoms with Gasteiger partial charge >= 0.3 is 5.97 Å². The molecule has 0 heterocycles. The van der Waals surface area contributed by atoms with Gasteiger partial charge in [-0.15, -0.1) is 0 Å². The first-order chi connectivity index (χ1) is 8.99. The van der Waals surface area contributed by atoms with Crippen LogP contribution >= 0.6 is 15.9 Å². The predicted molar refractivity (Wildman–Crippen MR) is 74.2 cm³/mol. The van der Waals surface area contributed by atoms with E-state index < -0.39 is 0 Å². The number of carbonyl (C=O) groups is 2. The summed E-state index contributed by atoms with van der Waals surface area (Å²) in [6.07, 6.45) is 0.0281. The van der Waals surface area contributed by atoms with Gasteiger partial charge in [0.1, 0.15) is 0 Å². The number of carbonyl (C=O) groups excluding carboxylic acids is 2. The second-order valence-corrected chi connectivity index (χ2v) is 5.32. The van der Waals surface area contributed by atoms with Crippen LogP contribution in [0.2, 0.25) is 0 Å². The van der Waals surface area contributed by atoms with E-state index in [-0.39, 0.29) is 23.0 Å². The van der Waals surface area contributed by atoms with Crippen LogP contribution in [0.4, 0.5) is 0 Å². The number of nitriles is 1. The summed E-state index contributed by atoms with van der Waals surface area (Å²) >= 11 is 3.21. The van der Waals surface area contributed by atoms with Crippen LogP contribution in [0.3, 0.4) is 0 Å². The van der Waals surface area contributed by atoms with Crippen molar-refractivity contribution in [2.75, 3.05) is 6.61 Å². The highest BCUT2D eigenvalue weighted by Gasteiger charge is 2.18. The molecule has 0 saturated carbocycles. The van der Waals surface area contributed by atoms with Crippen molar-refractivity contribution < 1.29 is 14.3 Å². The number of halogens is 1. The van der Waals surface area contributed by atoms with Gasteiger partial charge in [-0.2, -0.15) is 5.26 Å². The molecule has 0 aliphatic rings. The molecule has 4 nitrogen and oxygen atoms in total. The van der Waals surface area contributed by atoms with Crippen LogP contribution in [0.25, 0.3) is 0 Å². The summed E-state index contributed by atoms with van der Waals surface area (Å²) in [5.74, 6) is -0.542. The number of hydrogen-bond acceptors (Lipinski definition) is 4. The fourth-order valence-electron chi connectivity index (χ4n) is 1.61. The van der Waals surface area contributed by atoms with E-state index in [1.54, 1.807) is 26.0 Å². The smallest absolute Gasteiger partial charge is 0.310 e. The maximum absolute atomic E-state index is 12.1. The maximum atomic E-state index is 12.1. The fourth-order valence-corrected chi connectivity index (χ4v) is 1.86. The van der Waals surface area contributed by atoms with Crippen LogP contribution in [0.5, 0.6) is 0 Å².